The Morgan fingerprint density at radius 1 is 1.42 bits per heavy atom. The number of carbonyl (C=O) groups excluding carboxylic acids is 1. The monoisotopic (exact) mass is 329 g/mol. The molecule has 0 spiro atoms. The van der Waals surface area contributed by atoms with E-state index < -0.39 is 0 Å². The summed E-state index contributed by atoms with van der Waals surface area (Å²) in [5.74, 6) is 0.355. The summed E-state index contributed by atoms with van der Waals surface area (Å²) in [5.41, 5.74) is 1.81. The maximum absolute atomic E-state index is 12.6. The molecule has 1 heterocycles. The van der Waals surface area contributed by atoms with E-state index in [4.69, 9.17) is 9.47 Å². The third kappa shape index (κ3) is 4.27. The van der Waals surface area contributed by atoms with Crippen molar-refractivity contribution < 1.29 is 14.3 Å². The number of nitrogens with zero attached hydrogens (tertiary/aromatic N) is 2. The van der Waals surface area contributed by atoms with Gasteiger partial charge in [0, 0.05) is 19.3 Å². The van der Waals surface area contributed by atoms with Gasteiger partial charge in [-0.05, 0) is 38.5 Å². The van der Waals surface area contributed by atoms with E-state index >= 15 is 0 Å². The quantitative estimate of drug-likeness (QED) is 0.678. The lowest BCUT2D eigenvalue weighted by Gasteiger charge is -2.35. The SMILES string of the molecule is COc1ccc(C)cc1N/C=C(/C#N)C(=O)N1CC(C)OC(C)C1. The molecule has 1 aliphatic rings. The van der Waals surface area contributed by atoms with Gasteiger partial charge in [0.1, 0.15) is 17.4 Å². The van der Waals surface area contributed by atoms with Crippen LogP contribution < -0.4 is 10.1 Å². The van der Waals surface area contributed by atoms with Gasteiger partial charge in [0.15, 0.2) is 0 Å². The molecule has 1 aliphatic heterocycles. The van der Waals surface area contributed by atoms with Crippen molar-refractivity contribution in [2.75, 3.05) is 25.5 Å². The van der Waals surface area contributed by atoms with E-state index in [0.29, 0.717) is 24.5 Å². The molecule has 0 aromatic heterocycles. The Kier molecular flexibility index (Phi) is 5.83. The van der Waals surface area contributed by atoms with Crippen molar-refractivity contribution in [2.45, 2.75) is 33.0 Å². The van der Waals surface area contributed by atoms with E-state index in [9.17, 15) is 10.1 Å². The highest BCUT2D eigenvalue weighted by molar-refractivity contribution is 5.97. The van der Waals surface area contributed by atoms with Crippen LogP contribution in [-0.4, -0.2) is 43.2 Å². The number of morpholine rings is 1. The predicted octanol–water partition coefficient (Wildman–Crippen LogP) is 2.46. The van der Waals surface area contributed by atoms with Crippen LogP contribution in [0, 0.1) is 18.3 Å². The van der Waals surface area contributed by atoms with Gasteiger partial charge < -0.3 is 19.7 Å². The Balaban J connectivity index is 2.16. The van der Waals surface area contributed by atoms with Crippen LogP contribution >= 0.6 is 0 Å². The number of carbonyl (C=O) groups is 1. The Labute approximate surface area is 142 Å². The molecule has 1 aromatic rings. The second-order valence-electron chi connectivity index (χ2n) is 5.99. The molecular formula is C18H23N3O3. The maximum Gasteiger partial charge on any atom is 0.266 e. The van der Waals surface area contributed by atoms with Crippen LogP contribution in [0.15, 0.2) is 30.0 Å². The van der Waals surface area contributed by atoms with Crippen LogP contribution in [-0.2, 0) is 9.53 Å². The van der Waals surface area contributed by atoms with E-state index in [2.05, 4.69) is 5.32 Å². The largest absolute Gasteiger partial charge is 0.495 e. The Bertz CT molecular complexity index is 669. The number of methoxy groups -OCH3 is 1. The molecule has 0 radical (unpaired) electrons. The molecule has 1 fully saturated rings. The van der Waals surface area contributed by atoms with E-state index in [1.807, 2.05) is 45.0 Å². The zero-order chi connectivity index (χ0) is 17.7. The van der Waals surface area contributed by atoms with Gasteiger partial charge in [-0.1, -0.05) is 6.07 Å². The van der Waals surface area contributed by atoms with Crippen LogP contribution in [0.2, 0.25) is 0 Å². The molecule has 1 aromatic carbocycles. The molecule has 128 valence electrons. The fraction of sp³-hybridized carbons (Fsp3) is 0.444. The fourth-order valence-corrected chi connectivity index (χ4v) is 2.74. The van der Waals surface area contributed by atoms with Gasteiger partial charge in [-0.15, -0.1) is 0 Å². The molecule has 2 unspecified atom stereocenters. The number of hydrogen-bond acceptors (Lipinski definition) is 5. The van der Waals surface area contributed by atoms with E-state index in [0.717, 1.165) is 5.56 Å². The van der Waals surface area contributed by atoms with Crippen LogP contribution in [0.1, 0.15) is 19.4 Å². The molecule has 2 rings (SSSR count). The lowest BCUT2D eigenvalue weighted by Crippen LogP contribution is -2.48. The number of nitrogens with one attached hydrogen (secondary N) is 1. The summed E-state index contributed by atoms with van der Waals surface area (Å²) < 4.78 is 10.9. The minimum absolute atomic E-state index is 0.0394. The summed E-state index contributed by atoms with van der Waals surface area (Å²) >= 11 is 0. The second-order valence-corrected chi connectivity index (χ2v) is 5.99. The number of benzene rings is 1. The number of hydrogen-bond donors (Lipinski definition) is 1. The summed E-state index contributed by atoms with van der Waals surface area (Å²) in [6, 6.07) is 7.64. The average molecular weight is 329 g/mol. The van der Waals surface area contributed by atoms with Crippen LogP contribution in [0.3, 0.4) is 0 Å². The van der Waals surface area contributed by atoms with Crippen molar-refractivity contribution >= 4 is 11.6 Å². The zero-order valence-corrected chi connectivity index (χ0v) is 14.5. The third-order valence-corrected chi connectivity index (χ3v) is 3.78. The van der Waals surface area contributed by atoms with Gasteiger partial charge in [-0.3, -0.25) is 4.79 Å². The lowest BCUT2D eigenvalue weighted by atomic mass is 10.2. The molecule has 1 saturated heterocycles. The van der Waals surface area contributed by atoms with Crippen molar-refractivity contribution in [3.63, 3.8) is 0 Å². The molecule has 6 nitrogen and oxygen atoms in total. The fourth-order valence-electron chi connectivity index (χ4n) is 2.74. The van der Waals surface area contributed by atoms with Crippen molar-refractivity contribution in [1.29, 1.82) is 5.26 Å². The molecule has 0 bridgehead atoms. The number of aryl methyl sites for hydroxylation is 1. The number of amides is 1. The third-order valence-electron chi connectivity index (χ3n) is 3.78. The van der Waals surface area contributed by atoms with Gasteiger partial charge in [0.25, 0.3) is 5.91 Å². The summed E-state index contributed by atoms with van der Waals surface area (Å²) in [7, 11) is 1.58. The second kappa shape index (κ2) is 7.84. The van der Waals surface area contributed by atoms with Gasteiger partial charge in [0.05, 0.1) is 25.0 Å². The molecular weight excluding hydrogens is 306 g/mol. The van der Waals surface area contributed by atoms with Crippen molar-refractivity contribution in [3.8, 4) is 11.8 Å². The molecule has 6 heteroatoms. The molecule has 1 amide bonds. The Morgan fingerprint density at radius 2 is 2.08 bits per heavy atom. The van der Waals surface area contributed by atoms with Crippen LogP contribution in [0.25, 0.3) is 0 Å². The first-order chi connectivity index (χ1) is 11.4. The van der Waals surface area contributed by atoms with Gasteiger partial charge >= 0.3 is 0 Å². The summed E-state index contributed by atoms with van der Waals surface area (Å²) in [5, 5.41) is 12.4. The van der Waals surface area contributed by atoms with Crippen molar-refractivity contribution in [2.24, 2.45) is 0 Å². The van der Waals surface area contributed by atoms with Crippen molar-refractivity contribution in [3.05, 3.63) is 35.5 Å². The van der Waals surface area contributed by atoms with E-state index in [1.54, 1.807) is 12.0 Å². The van der Waals surface area contributed by atoms with E-state index in [-0.39, 0.29) is 23.7 Å². The minimum atomic E-state index is -0.293. The zero-order valence-electron chi connectivity index (χ0n) is 14.5. The standard InChI is InChI=1S/C18H23N3O3/c1-12-5-6-17(23-4)16(7-12)20-9-15(8-19)18(22)21-10-13(2)24-14(3)11-21/h5-7,9,13-14,20H,10-11H2,1-4H3/b15-9-. The first-order valence-electron chi connectivity index (χ1n) is 7.90. The van der Waals surface area contributed by atoms with Crippen molar-refractivity contribution in [1.82, 2.24) is 4.90 Å². The lowest BCUT2D eigenvalue weighted by molar-refractivity contribution is -0.138. The summed E-state index contributed by atoms with van der Waals surface area (Å²) in [4.78, 5) is 14.2. The molecule has 24 heavy (non-hydrogen) atoms. The first-order valence-corrected chi connectivity index (χ1v) is 7.90. The van der Waals surface area contributed by atoms with Gasteiger partial charge in [-0.2, -0.15) is 5.26 Å². The van der Waals surface area contributed by atoms with Gasteiger partial charge in [-0.25, -0.2) is 0 Å². The molecule has 1 N–H and O–H groups in total. The number of rotatable bonds is 4. The number of anilines is 1. The predicted molar refractivity (Wildman–Crippen MR) is 91.6 cm³/mol. The highest BCUT2D eigenvalue weighted by Gasteiger charge is 2.27. The Morgan fingerprint density at radius 3 is 2.67 bits per heavy atom. The van der Waals surface area contributed by atoms with Crippen LogP contribution in [0.4, 0.5) is 5.69 Å². The smallest absolute Gasteiger partial charge is 0.266 e. The normalized spacial score (nSPS) is 21.1. The average Bonchev–Trinajstić information content (AvgIpc) is 2.54. The number of ether oxygens (including phenoxy) is 2. The highest BCUT2D eigenvalue weighted by atomic mass is 16.5. The number of nitriles is 1. The first kappa shape index (κ1) is 17.8. The highest BCUT2D eigenvalue weighted by Crippen LogP contribution is 2.25. The maximum atomic E-state index is 12.6. The van der Waals surface area contributed by atoms with Gasteiger partial charge in [0.2, 0.25) is 0 Å². The minimum Gasteiger partial charge on any atom is -0.495 e. The molecule has 2 atom stereocenters. The summed E-state index contributed by atoms with van der Waals surface area (Å²) in [6.45, 7) is 6.76. The molecule has 0 saturated carbocycles. The van der Waals surface area contributed by atoms with Crippen LogP contribution in [0.5, 0.6) is 5.75 Å². The summed E-state index contributed by atoms with van der Waals surface area (Å²) in [6.07, 6.45) is 1.36. The van der Waals surface area contributed by atoms with E-state index in [1.165, 1.54) is 6.20 Å². The Hall–Kier alpha value is -2.52. The topological polar surface area (TPSA) is 74.6 Å². The molecule has 0 aliphatic carbocycles.